The Balaban J connectivity index is 3.10. The highest BCUT2D eigenvalue weighted by atomic mass is 19.3. The quantitative estimate of drug-likeness (QED) is 0.787. The first-order chi connectivity index (χ1) is 7.95. The van der Waals surface area contributed by atoms with E-state index in [2.05, 4.69) is 4.74 Å². The van der Waals surface area contributed by atoms with Crippen molar-refractivity contribution in [2.24, 2.45) is 0 Å². The smallest absolute Gasteiger partial charge is 0.387 e. The molecule has 0 heterocycles. The molecule has 0 amide bonds. The van der Waals surface area contributed by atoms with Gasteiger partial charge in [0.2, 0.25) is 0 Å². The Morgan fingerprint density at radius 2 is 1.94 bits per heavy atom. The number of hydrogen-bond donors (Lipinski definition) is 2. The van der Waals surface area contributed by atoms with Crippen LogP contribution in [0.1, 0.15) is 11.7 Å². The maximum absolute atomic E-state index is 12.8. The molecule has 4 nitrogen and oxygen atoms in total. The molecule has 2 N–H and O–H groups in total. The summed E-state index contributed by atoms with van der Waals surface area (Å²) < 4.78 is 40.8. The second kappa shape index (κ2) is 5.52. The van der Waals surface area contributed by atoms with Gasteiger partial charge < -0.3 is 14.9 Å². The number of halogens is 3. The van der Waals surface area contributed by atoms with Crippen molar-refractivity contribution in [3.63, 3.8) is 0 Å². The van der Waals surface area contributed by atoms with Gasteiger partial charge in [0, 0.05) is 11.6 Å². The van der Waals surface area contributed by atoms with Crippen molar-refractivity contribution in [3.8, 4) is 11.8 Å². The average molecular weight is 247 g/mol. The molecule has 2 atom stereocenters. The molecule has 2 unspecified atom stereocenters. The molecule has 17 heavy (non-hydrogen) atoms. The lowest BCUT2D eigenvalue weighted by molar-refractivity contribution is -0.0529. The van der Waals surface area contributed by atoms with E-state index in [1.807, 2.05) is 0 Å². The van der Waals surface area contributed by atoms with E-state index in [9.17, 15) is 18.3 Å². The summed E-state index contributed by atoms with van der Waals surface area (Å²) in [5, 5.41) is 26.9. The van der Waals surface area contributed by atoms with Crippen LogP contribution in [0.3, 0.4) is 0 Å². The van der Waals surface area contributed by atoms with Crippen LogP contribution in [0.4, 0.5) is 13.2 Å². The third-order valence-electron chi connectivity index (χ3n) is 1.94. The molecule has 0 fully saturated rings. The molecule has 1 rings (SSSR count). The van der Waals surface area contributed by atoms with E-state index in [1.54, 1.807) is 0 Å². The molecule has 0 radical (unpaired) electrons. The predicted octanol–water partition coefficient (Wildman–Crippen LogP) is 1.34. The van der Waals surface area contributed by atoms with Gasteiger partial charge in [0.05, 0.1) is 6.07 Å². The van der Waals surface area contributed by atoms with Crippen LogP contribution in [0.2, 0.25) is 0 Å². The number of hydrogen-bond acceptors (Lipinski definition) is 4. The molecule has 1 aromatic carbocycles. The number of alkyl halides is 2. The van der Waals surface area contributed by atoms with E-state index in [0.29, 0.717) is 6.07 Å². The Kier molecular flexibility index (Phi) is 4.31. The number of rotatable bonds is 4. The third-order valence-corrected chi connectivity index (χ3v) is 1.94. The minimum absolute atomic E-state index is 0.291. The van der Waals surface area contributed by atoms with Crippen LogP contribution in [0.5, 0.6) is 5.75 Å². The van der Waals surface area contributed by atoms with Gasteiger partial charge in [-0.25, -0.2) is 4.39 Å². The Bertz CT molecular complexity index is 433. The zero-order chi connectivity index (χ0) is 13.0. The molecule has 7 heteroatoms. The summed E-state index contributed by atoms with van der Waals surface area (Å²) in [5.74, 6) is -1.47. The minimum atomic E-state index is -3.21. The third kappa shape index (κ3) is 3.34. The molecule has 0 saturated carbocycles. The lowest BCUT2D eigenvalue weighted by Crippen LogP contribution is -2.17. The zero-order valence-corrected chi connectivity index (χ0v) is 8.35. The highest BCUT2D eigenvalue weighted by molar-refractivity contribution is 5.37. The number of nitrogens with zero attached hydrogens (tertiary/aromatic N) is 1. The van der Waals surface area contributed by atoms with E-state index >= 15 is 0 Å². The zero-order valence-electron chi connectivity index (χ0n) is 8.35. The second-order valence-corrected chi connectivity index (χ2v) is 3.08. The minimum Gasteiger partial charge on any atom is -0.434 e. The number of aliphatic hydroxyl groups is 2. The SMILES string of the molecule is N#CC(O)C(O)c1ccc(F)cc1OC(F)F. The molecule has 0 aliphatic heterocycles. The highest BCUT2D eigenvalue weighted by Crippen LogP contribution is 2.29. The summed E-state index contributed by atoms with van der Waals surface area (Å²) >= 11 is 0. The Labute approximate surface area is 94.5 Å². The van der Waals surface area contributed by atoms with Crippen LogP contribution in [0.25, 0.3) is 0 Å². The first kappa shape index (κ1) is 13.3. The van der Waals surface area contributed by atoms with E-state index < -0.39 is 30.4 Å². The van der Waals surface area contributed by atoms with Crippen LogP contribution in [-0.4, -0.2) is 22.9 Å². The van der Waals surface area contributed by atoms with Crippen molar-refractivity contribution in [1.82, 2.24) is 0 Å². The fraction of sp³-hybridized carbons (Fsp3) is 0.300. The van der Waals surface area contributed by atoms with Gasteiger partial charge in [0.25, 0.3) is 0 Å². The van der Waals surface area contributed by atoms with Gasteiger partial charge >= 0.3 is 6.61 Å². The van der Waals surface area contributed by atoms with Crippen molar-refractivity contribution in [2.75, 3.05) is 0 Å². The predicted molar refractivity (Wildman–Crippen MR) is 49.6 cm³/mol. The number of ether oxygens (including phenoxy) is 1. The van der Waals surface area contributed by atoms with E-state index in [1.165, 1.54) is 6.07 Å². The van der Waals surface area contributed by atoms with Gasteiger partial charge in [0.1, 0.15) is 17.7 Å². The van der Waals surface area contributed by atoms with Gasteiger partial charge in [-0.2, -0.15) is 14.0 Å². The summed E-state index contributed by atoms with van der Waals surface area (Å²) in [4.78, 5) is 0. The fourth-order valence-corrected chi connectivity index (χ4v) is 1.19. The van der Waals surface area contributed by atoms with Crippen molar-refractivity contribution in [2.45, 2.75) is 18.8 Å². The molecule has 92 valence electrons. The summed E-state index contributed by atoms with van der Waals surface area (Å²) in [6.45, 7) is -3.21. The van der Waals surface area contributed by atoms with Gasteiger partial charge in [0.15, 0.2) is 6.10 Å². The van der Waals surface area contributed by atoms with Crippen molar-refractivity contribution in [3.05, 3.63) is 29.6 Å². The molecule has 0 spiro atoms. The van der Waals surface area contributed by atoms with Crippen molar-refractivity contribution in [1.29, 1.82) is 5.26 Å². The van der Waals surface area contributed by atoms with Crippen LogP contribution < -0.4 is 4.74 Å². The molecule has 0 bridgehead atoms. The average Bonchev–Trinajstić information content (AvgIpc) is 2.26. The summed E-state index contributed by atoms with van der Waals surface area (Å²) in [6.07, 6.45) is -3.57. The van der Waals surface area contributed by atoms with Crippen LogP contribution in [0.15, 0.2) is 18.2 Å². The number of nitriles is 1. The monoisotopic (exact) mass is 247 g/mol. The van der Waals surface area contributed by atoms with Gasteiger partial charge in [-0.1, -0.05) is 0 Å². The number of aliphatic hydroxyl groups excluding tert-OH is 2. The lowest BCUT2D eigenvalue weighted by Gasteiger charge is -2.16. The Morgan fingerprint density at radius 1 is 1.29 bits per heavy atom. The van der Waals surface area contributed by atoms with Gasteiger partial charge in [-0.3, -0.25) is 0 Å². The first-order valence-corrected chi connectivity index (χ1v) is 4.45. The molecular formula is C10H8F3NO3. The van der Waals surface area contributed by atoms with Crippen molar-refractivity contribution < 1.29 is 28.1 Å². The summed E-state index contributed by atoms with van der Waals surface area (Å²) in [5.41, 5.74) is -0.291. The largest absolute Gasteiger partial charge is 0.434 e. The molecule has 0 saturated heterocycles. The Hall–Kier alpha value is -1.78. The second-order valence-electron chi connectivity index (χ2n) is 3.08. The van der Waals surface area contributed by atoms with Crippen LogP contribution >= 0.6 is 0 Å². The molecule has 1 aromatic rings. The van der Waals surface area contributed by atoms with Gasteiger partial charge in [-0.15, -0.1) is 0 Å². The van der Waals surface area contributed by atoms with E-state index in [4.69, 9.17) is 10.4 Å². The lowest BCUT2D eigenvalue weighted by atomic mass is 10.0. The van der Waals surface area contributed by atoms with Crippen LogP contribution in [-0.2, 0) is 0 Å². The van der Waals surface area contributed by atoms with E-state index in [0.717, 1.165) is 12.1 Å². The van der Waals surface area contributed by atoms with Gasteiger partial charge in [-0.05, 0) is 12.1 Å². The van der Waals surface area contributed by atoms with Crippen LogP contribution in [0, 0.1) is 17.1 Å². The summed E-state index contributed by atoms with van der Waals surface area (Å²) in [7, 11) is 0. The Morgan fingerprint density at radius 3 is 2.47 bits per heavy atom. The normalized spacial score (nSPS) is 14.2. The fourth-order valence-electron chi connectivity index (χ4n) is 1.19. The molecule has 0 aliphatic carbocycles. The summed E-state index contributed by atoms with van der Waals surface area (Å²) in [6, 6.07) is 3.81. The topological polar surface area (TPSA) is 73.5 Å². The maximum atomic E-state index is 12.8. The molecular weight excluding hydrogens is 239 g/mol. The molecule has 0 aliphatic rings. The standard InChI is InChI=1S/C10H8F3NO3/c11-5-1-2-6(9(16)7(15)4-14)8(3-5)17-10(12)13/h1-3,7,9-10,15-16H. The van der Waals surface area contributed by atoms with Crippen molar-refractivity contribution >= 4 is 0 Å². The maximum Gasteiger partial charge on any atom is 0.387 e. The molecule has 0 aromatic heterocycles. The van der Waals surface area contributed by atoms with E-state index in [-0.39, 0.29) is 5.56 Å². The first-order valence-electron chi connectivity index (χ1n) is 4.45. The highest BCUT2D eigenvalue weighted by Gasteiger charge is 2.23. The number of benzene rings is 1.